The van der Waals surface area contributed by atoms with Crippen LogP contribution in [0.1, 0.15) is 33.6 Å². The second-order valence-corrected chi connectivity index (χ2v) is 3.88. The van der Waals surface area contributed by atoms with Gasteiger partial charge in [0.25, 0.3) is 5.91 Å². The molecule has 0 saturated heterocycles. The monoisotopic (exact) mass is 235 g/mol. The molecule has 17 heavy (non-hydrogen) atoms. The van der Waals surface area contributed by atoms with Crippen molar-refractivity contribution in [3.63, 3.8) is 0 Å². The van der Waals surface area contributed by atoms with Gasteiger partial charge in [0.15, 0.2) is 0 Å². The summed E-state index contributed by atoms with van der Waals surface area (Å²) in [4.78, 5) is 22.8. The van der Waals surface area contributed by atoms with Crippen LogP contribution in [0.4, 0.5) is 0 Å². The number of ether oxygens (including phenoxy) is 1. The van der Waals surface area contributed by atoms with E-state index in [1.807, 2.05) is 0 Å². The van der Waals surface area contributed by atoms with Crippen molar-refractivity contribution in [3.05, 3.63) is 29.3 Å². The van der Waals surface area contributed by atoms with Crippen molar-refractivity contribution in [2.75, 3.05) is 7.05 Å². The zero-order valence-corrected chi connectivity index (χ0v) is 9.40. The summed E-state index contributed by atoms with van der Waals surface area (Å²) in [6.07, 6.45) is 2.01. The van der Waals surface area contributed by atoms with Crippen molar-refractivity contribution >= 4 is 11.9 Å². The van der Waals surface area contributed by atoms with Gasteiger partial charge in [-0.2, -0.15) is 0 Å². The number of carbonyl (C=O) groups excluding carboxylic acids is 1. The zero-order valence-electron chi connectivity index (χ0n) is 9.40. The van der Waals surface area contributed by atoms with Crippen molar-refractivity contribution in [3.8, 4) is 5.75 Å². The second kappa shape index (κ2) is 4.45. The Labute approximate surface area is 98.4 Å². The third kappa shape index (κ3) is 2.38. The highest BCUT2D eigenvalue weighted by Gasteiger charge is 2.27. The van der Waals surface area contributed by atoms with Gasteiger partial charge in [-0.1, -0.05) is 6.07 Å². The van der Waals surface area contributed by atoms with Crippen LogP contribution in [0.15, 0.2) is 18.2 Å². The lowest BCUT2D eigenvalue weighted by Crippen LogP contribution is -2.22. The average Bonchev–Trinajstić information content (AvgIpc) is 3.11. The largest absolute Gasteiger partial charge is 0.490 e. The molecule has 1 aliphatic rings. The Bertz CT molecular complexity index is 466. The van der Waals surface area contributed by atoms with E-state index in [0.29, 0.717) is 5.75 Å². The standard InChI is InChI=1S/C12H13NO4/c1-13-11(14)10-8(12(15)16)3-2-4-9(10)17-7-5-6-7/h2-4,7H,5-6H2,1H3,(H,13,14)(H,15,16). The molecule has 0 bridgehead atoms. The molecule has 0 atom stereocenters. The molecule has 0 aliphatic heterocycles. The van der Waals surface area contributed by atoms with E-state index in [9.17, 15) is 9.59 Å². The molecule has 2 rings (SSSR count). The summed E-state index contributed by atoms with van der Waals surface area (Å²) in [5, 5.41) is 11.5. The number of carboxylic acids is 1. The number of carboxylic acid groups (broad SMARTS) is 1. The van der Waals surface area contributed by atoms with Crippen LogP contribution in [0.25, 0.3) is 0 Å². The Morgan fingerprint density at radius 1 is 1.41 bits per heavy atom. The molecule has 5 nitrogen and oxygen atoms in total. The minimum atomic E-state index is -1.13. The first kappa shape index (κ1) is 11.4. The fraction of sp³-hybridized carbons (Fsp3) is 0.333. The Morgan fingerprint density at radius 3 is 2.65 bits per heavy atom. The van der Waals surface area contributed by atoms with Crippen molar-refractivity contribution in [2.45, 2.75) is 18.9 Å². The number of hydrogen-bond acceptors (Lipinski definition) is 3. The van der Waals surface area contributed by atoms with Gasteiger partial charge in [0, 0.05) is 7.05 Å². The van der Waals surface area contributed by atoms with E-state index in [2.05, 4.69) is 5.32 Å². The summed E-state index contributed by atoms with van der Waals surface area (Å²) in [6.45, 7) is 0. The second-order valence-electron chi connectivity index (χ2n) is 3.88. The maximum absolute atomic E-state index is 11.7. The molecule has 0 heterocycles. The lowest BCUT2D eigenvalue weighted by molar-refractivity contribution is 0.0690. The molecule has 0 unspecified atom stereocenters. The normalized spacial score (nSPS) is 14.2. The van der Waals surface area contributed by atoms with Crippen molar-refractivity contribution in [2.24, 2.45) is 0 Å². The molecule has 5 heteroatoms. The maximum Gasteiger partial charge on any atom is 0.336 e. The maximum atomic E-state index is 11.7. The van der Waals surface area contributed by atoms with Gasteiger partial charge >= 0.3 is 5.97 Å². The van der Waals surface area contributed by atoms with Gasteiger partial charge in [-0.25, -0.2) is 4.79 Å². The smallest absolute Gasteiger partial charge is 0.336 e. The van der Waals surface area contributed by atoms with Crippen LogP contribution in [0.2, 0.25) is 0 Å². The summed E-state index contributed by atoms with van der Waals surface area (Å²) in [5.41, 5.74) is 0.0527. The van der Waals surface area contributed by atoms with Gasteiger partial charge in [-0.05, 0) is 25.0 Å². The predicted molar refractivity (Wildman–Crippen MR) is 60.4 cm³/mol. The zero-order chi connectivity index (χ0) is 12.4. The molecular formula is C12H13NO4. The van der Waals surface area contributed by atoms with Crippen LogP contribution in [0.5, 0.6) is 5.75 Å². The summed E-state index contributed by atoms with van der Waals surface area (Å²) < 4.78 is 5.55. The van der Waals surface area contributed by atoms with Crippen molar-refractivity contribution in [1.29, 1.82) is 0 Å². The minimum absolute atomic E-state index is 0.0394. The van der Waals surface area contributed by atoms with Crippen LogP contribution in [-0.2, 0) is 0 Å². The Kier molecular flexibility index (Phi) is 2.99. The molecule has 0 aromatic heterocycles. The SMILES string of the molecule is CNC(=O)c1c(OC2CC2)cccc1C(=O)O. The molecule has 1 aromatic carbocycles. The van der Waals surface area contributed by atoms with E-state index < -0.39 is 11.9 Å². The van der Waals surface area contributed by atoms with E-state index >= 15 is 0 Å². The predicted octanol–water partition coefficient (Wildman–Crippen LogP) is 1.29. The summed E-state index contributed by atoms with van der Waals surface area (Å²) in [7, 11) is 1.46. The quantitative estimate of drug-likeness (QED) is 0.824. The number of carbonyl (C=O) groups is 2. The first-order valence-corrected chi connectivity index (χ1v) is 5.38. The summed E-state index contributed by atoms with van der Waals surface area (Å²) in [5.74, 6) is -1.24. The van der Waals surface area contributed by atoms with Crippen LogP contribution in [-0.4, -0.2) is 30.1 Å². The van der Waals surface area contributed by atoms with Crippen LogP contribution in [0, 0.1) is 0 Å². The molecule has 1 aliphatic carbocycles. The molecule has 1 fully saturated rings. The van der Waals surface area contributed by atoms with Gasteiger partial charge in [-0.3, -0.25) is 4.79 Å². The molecule has 0 radical (unpaired) electrons. The number of nitrogens with one attached hydrogen (secondary N) is 1. The van der Waals surface area contributed by atoms with Gasteiger partial charge in [-0.15, -0.1) is 0 Å². The van der Waals surface area contributed by atoms with E-state index in [4.69, 9.17) is 9.84 Å². The number of rotatable bonds is 4. The highest BCUT2D eigenvalue weighted by molar-refractivity contribution is 6.06. The summed E-state index contributed by atoms with van der Waals surface area (Å²) in [6, 6.07) is 4.59. The first-order chi connectivity index (χ1) is 8.13. The van der Waals surface area contributed by atoms with E-state index in [0.717, 1.165) is 12.8 Å². The van der Waals surface area contributed by atoms with Gasteiger partial charge < -0.3 is 15.2 Å². The topological polar surface area (TPSA) is 75.6 Å². The van der Waals surface area contributed by atoms with Gasteiger partial charge in [0.05, 0.1) is 17.2 Å². The molecule has 0 spiro atoms. The Balaban J connectivity index is 2.45. The summed E-state index contributed by atoms with van der Waals surface area (Å²) >= 11 is 0. The van der Waals surface area contributed by atoms with E-state index in [-0.39, 0.29) is 17.2 Å². The Hall–Kier alpha value is -2.04. The van der Waals surface area contributed by atoms with Crippen LogP contribution < -0.4 is 10.1 Å². The van der Waals surface area contributed by atoms with Crippen LogP contribution in [0.3, 0.4) is 0 Å². The molecule has 90 valence electrons. The van der Waals surface area contributed by atoms with Crippen LogP contribution >= 0.6 is 0 Å². The third-order valence-electron chi connectivity index (χ3n) is 2.53. The van der Waals surface area contributed by atoms with Crippen molar-refractivity contribution in [1.82, 2.24) is 5.32 Å². The molecule has 2 N–H and O–H groups in total. The van der Waals surface area contributed by atoms with E-state index in [1.54, 1.807) is 12.1 Å². The number of amides is 1. The molecular weight excluding hydrogens is 222 g/mol. The highest BCUT2D eigenvalue weighted by atomic mass is 16.5. The number of benzene rings is 1. The van der Waals surface area contributed by atoms with Gasteiger partial charge in [0.2, 0.25) is 0 Å². The van der Waals surface area contributed by atoms with Gasteiger partial charge in [0.1, 0.15) is 5.75 Å². The Morgan fingerprint density at radius 2 is 2.12 bits per heavy atom. The molecule has 1 amide bonds. The minimum Gasteiger partial charge on any atom is -0.490 e. The van der Waals surface area contributed by atoms with Crippen molar-refractivity contribution < 1.29 is 19.4 Å². The lowest BCUT2D eigenvalue weighted by Gasteiger charge is -2.12. The molecule has 1 aromatic rings. The number of hydrogen-bond donors (Lipinski definition) is 2. The first-order valence-electron chi connectivity index (χ1n) is 5.38. The molecule has 1 saturated carbocycles. The fourth-order valence-corrected chi connectivity index (χ4v) is 1.53. The lowest BCUT2D eigenvalue weighted by atomic mass is 10.1. The average molecular weight is 235 g/mol. The number of aromatic carboxylic acids is 1. The fourth-order valence-electron chi connectivity index (χ4n) is 1.53. The third-order valence-corrected chi connectivity index (χ3v) is 2.53. The highest BCUT2D eigenvalue weighted by Crippen LogP contribution is 2.30. The van der Waals surface area contributed by atoms with E-state index in [1.165, 1.54) is 13.1 Å².